The first-order valence-electron chi connectivity index (χ1n) is 8.15. The van der Waals surface area contributed by atoms with Crippen molar-refractivity contribution in [3.8, 4) is 23.0 Å². The van der Waals surface area contributed by atoms with Crippen LogP contribution < -0.4 is 4.74 Å². The topological polar surface area (TPSA) is 53.1 Å². The Morgan fingerprint density at radius 3 is 2.46 bits per heavy atom. The Bertz CT molecular complexity index is 964. The maximum absolute atomic E-state index is 5.55. The van der Waals surface area contributed by atoms with Crippen molar-refractivity contribution in [2.45, 2.75) is 10.9 Å². The van der Waals surface area contributed by atoms with E-state index in [4.69, 9.17) is 9.15 Å². The third-order valence-electron chi connectivity index (χ3n) is 3.92. The fraction of sp³-hybridized carbons (Fsp3) is 0.100. The second-order valence-electron chi connectivity index (χ2n) is 5.59. The monoisotopic (exact) mass is 363 g/mol. The smallest absolute Gasteiger partial charge is 0.205 e. The average Bonchev–Trinajstić information content (AvgIpc) is 3.37. The summed E-state index contributed by atoms with van der Waals surface area (Å²) in [4.78, 5) is 0. The maximum atomic E-state index is 5.55. The van der Waals surface area contributed by atoms with Gasteiger partial charge in [0.05, 0.1) is 19.1 Å². The van der Waals surface area contributed by atoms with Crippen molar-refractivity contribution in [1.82, 2.24) is 14.8 Å². The molecular weight excluding hydrogens is 346 g/mol. The zero-order valence-corrected chi connectivity index (χ0v) is 15.0. The summed E-state index contributed by atoms with van der Waals surface area (Å²) in [6.07, 6.45) is 1.64. The van der Waals surface area contributed by atoms with Crippen molar-refractivity contribution in [2.24, 2.45) is 0 Å². The molecule has 0 aliphatic rings. The van der Waals surface area contributed by atoms with E-state index in [2.05, 4.69) is 22.3 Å². The van der Waals surface area contributed by atoms with Crippen LogP contribution >= 0.6 is 11.8 Å². The Kier molecular flexibility index (Phi) is 4.75. The highest BCUT2D eigenvalue weighted by molar-refractivity contribution is 7.98. The van der Waals surface area contributed by atoms with E-state index >= 15 is 0 Å². The first-order valence-corrected chi connectivity index (χ1v) is 9.14. The van der Waals surface area contributed by atoms with Crippen LogP contribution in [0.1, 0.15) is 5.56 Å². The fourth-order valence-electron chi connectivity index (χ4n) is 2.61. The Labute approximate surface area is 155 Å². The van der Waals surface area contributed by atoms with Gasteiger partial charge in [-0.25, -0.2) is 0 Å². The van der Waals surface area contributed by atoms with Gasteiger partial charge in [0.15, 0.2) is 10.9 Å². The van der Waals surface area contributed by atoms with Crippen LogP contribution in [-0.2, 0) is 5.75 Å². The number of furan rings is 1. The molecule has 0 saturated heterocycles. The summed E-state index contributed by atoms with van der Waals surface area (Å²) in [5.41, 5.74) is 2.19. The lowest BCUT2D eigenvalue weighted by molar-refractivity contribution is 0.414. The zero-order valence-electron chi connectivity index (χ0n) is 14.2. The molecule has 4 aromatic rings. The summed E-state index contributed by atoms with van der Waals surface area (Å²) in [6.45, 7) is 0. The quantitative estimate of drug-likeness (QED) is 0.459. The fourth-order valence-corrected chi connectivity index (χ4v) is 3.52. The maximum Gasteiger partial charge on any atom is 0.205 e. The van der Waals surface area contributed by atoms with E-state index in [1.54, 1.807) is 25.1 Å². The van der Waals surface area contributed by atoms with E-state index in [1.165, 1.54) is 5.56 Å². The molecule has 0 fully saturated rings. The van der Waals surface area contributed by atoms with Crippen molar-refractivity contribution in [3.05, 3.63) is 78.6 Å². The number of ether oxygens (including phenoxy) is 1. The first kappa shape index (κ1) is 16.5. The van der Waals surface area contributed by atoms with Gasteiger partial charge in [0.1, 0.15) is 5.75 Å². The molecule has 0 N–H and O–H groups in total. The van der Waals surface area contributed by atoms with Crippen molar-refractivity contribution in [2.75, 3.05) is 7.11 Å². The van der Waals surface area contributed by atoms with Crippen molar-refractivity contribution >= 4 is 11.8 Å². The van der Waals surface area contributed by atoms with E-state index in [0.717, 1.165) is 22.3 Å². The average molecular weight is 363 g/mol. The van der Waals surface area contributed by atoms with Gasteiger partial charge in [0.2, 0.25) is 5.82 Å². The number of benzene rings is 2. The van der Waals surface area contributed by atoms with E-state index in [1.807, 2.05) is 59.2 Å². The molecule has 0 aliphatic carbocycles. The largest absolute Gasteiger partial charge is 0.497 e. The van der Waals surface area contributed by atoms with Gasteiger partial charge in [-0.15, -0.1) is 10.2 Å². The summed E-state index contributed by atoms with van der Waals surface area (Å²) >= 11 is 1.64. The zero-order chi connectivity index (χ0) is 17.8. The van der Waals surface area contributed by atoms with Gasteiger partial charge in [-0.3, -0.25) is 4.57 Å². The molecule has 130 valence electrons. The van der Waals surface area contributed by atoms with Gasteiger partial charge in [-0.05, 0) is 42.0 Å². The van der Waals surface area contributed by atoms with E-state index < -0.39 is 0 Å². The number of nitrogens with zero attached hydrogens (tertiary/aromatic N) is 3. The number of hydrogen-bond donors (Lipinski definition) is 0. The molecule has 0 spiro atoms. The van der Waals surface area contributed by atoms with Crippen molar-refractivity contribution < 1.29 is 9.15 Å². The molecule has 0 atom stereocenters. The van der Waals surface area contributed by atoms with Gasteiger partial charge >= 0.3 is 0 Å². The second kappa shape index (κ2) is 7.49. The molecule has 0 radical (unpaired) electrons. The summed E-state index contributed by atoms with van der Waals surface area (Å²) in [5.74, 6) is 2.98. The lowest BCUT2D eigenvalue weighted by Gasteiger charge is -2.10. The predicted octanol–water partition coefficient (Wildman–Crippen LogP) is 4.83. The van der Waals surface area contributed by atoms with Crippen LogP contribution in [0.25, 0.3) is 17.3 Å². The standard InChI is InChI=1S/C20H17N3O2S/c1-24-17-11-9-16(10-12-17)23-19(18-8-5-13-25-18)21-22-20(23)26-14-15-6-3-2-4-7-15/h2-13H,14H2,1H3. The SMILES string of the molecule is COc1ccc(-n2c(SCc3ccccc3)nnc2-c2ccco2)cc1. The third-order valence-corrected chi connectivity index (χ3v) is 4.92. The highest BCUT2D eigenvalue weighted by atomic mass is 32.2. The second-order valence-corrected chi connectivity index (χ2v) is 6.53. The number of methoxy groups -OCH3 is 1. The van der Waals surface area contributed by atoms with Crippen LogP contribution in [0, 0.1) is 0 Å². The van der Waals surface area contributed by atoms with Crippen LogP contribution in [-0.4, -0.2) is 21.9 Å². The molecule has 4 rings (SSSR count). The van der Waals surface area contributed by atoms with Crippen molar-refractivity contribution in [3.63, 3.8) is 0 Å². The molecule has 0 amide bonds. The van der Waals surface area contributed by atoms with Crippen molar-refractivity contribution in [1.29, 1.82) is 0 Å². The van der Waals surface area contributed by atoms with Crippen LogP contribution in [0.5, 0.6) is 5.75 Å². The predicted molar refractivity (Wildman–Crippen MR) is 102 cm³/mol. The van der Waals surface area contributed by atoms with Gasteiger partial charge in [-0.1, -0.05) is 42.1 Å². The number of hydrogen-bond acceptors (Lipinski definition) is 5. The van der Waals surface area contributed by atoms with Gasteiger partial charge < -0.3 is 9.15 Å². The minimum absolute atomic E-state index is 0.677. The molecular formula is C20H17N3O2S. The highest BCUT2D eigenvalue weighted by Crippen LogP contribution is 2.30. The minimum atomic E-state index is 0.677. The number of aromatic nitrogens is 3. The lowest BCUT2D eigenvalue weighted by Crippen LogP contribution is -1.99. The lowest BCUT2D eigenvalue weighted by atomic mass is 10.2. The Morgan fingerprint density at radius 2 is 1.77 bits per heavy atom. The number of thioether (sulfide) groups is 1. The highest BCUT2D eigenvalue weighted by Gasteiger charge is 2.18. The third kappa shape index (κ3) is 3.36. The molecule has 6 heteroatoms. The molecule has 2 heterocycles. The van der Waals surface area contributed by atoms with Gasteiger partial charge in [0, 0.05) is 5.75 Å². The molecule has 26 heavy (non-hydrogen) atoms. The first-order chi connectivity index (χ1) is 12.8. The van der Waals surface area contributed by atoms with Crippen LogP contribution in [0.4, 0.5) is 0 Å². The molecule has 0 unspecified atom stereocenters. The normalized spacial score (nSPS) is 10.8. The molecule has 5 nitrogen and oxygen atoms in total. The minimum Gasteiger partial charge on any atom is -0.497 e. The van der Waals surface area contributed by atoms with Crippen LogP contribution in [0.3, 0.4) is 0 Å². The molecule has 0 saturated carbocycles. The van der Waals surface area contributed by atoms with Gasteiger partial charge in [-0.2, -0.15) is 0 Å². The van der Waals surface area contributed by atoms with E-state index in [-0.39, 0.29) is 0 Å². The van der Waals surface area contributed by atoms with Crippen LogP contribution in [0.2, 0.25) is 0 Å². The molecule has 2 aromatic carbocycles. The Morgan fingerprint density at radius 1 is 0.962 bits per heavy atom. The van der Waals surface area contributed by atoms with Crippen LogP contribution in [0.15, 0.2) is 82.6 Å². The summed E-state index contributed by atoms with van der Waals surface area (Å²) < 4.78 is 12.8. The Balaban J connectivity index is 1.71. The van der Waals surface area contributed by atoms with E-state index in [0.29, 0.717) is 11.6 Å². The van der Waals surface area contributed by atoms with Gasteiger partial charge in [0.25, 0.3) is 0 Å². The summed E-state index contributed by atoms with van der Waals surface area (Å²) in [5, 5.41) is 9.56. The number of rotatable bonds is 6. The Hall–Kier alpha value is -2.99. The summed E-state index contributed by atoms with van der Waals surface area (Å²) in [6, 6.07) is 21.9. The molecule has 0 bridgehead atoms. The summed E-state index contributed by atoms with van der Waals surface area (Å²) in [7, 11) is 1.66. The van der Waals surface area contributed by atoms with E-state index in [9.17, 15) is 0 Å². The molecule has 2 aromatic heterocycles. The molecule has 0 aliphatic heterocycles.